The van der Waals surface area contributed by atoms with Gasteiger partial charge in [-0.15, -0.1) is 0 Å². The summed E-state index contributed by atoms with van der Waals surface area (Å²) in [5.74, 6) is 0. The van der Waals surface area contributed by atoms with Crippen molar-refractivity contribution in [1.82, 2.24) is 15.0 Å². The molecule has 16 heavy (non-hydrogen) atoms. The third-order valence-corrected chi connectivity index (χ3v) is 2.60. The number of aromatic nitrogens is 3. The molecule has 0 aliphatic rings. The molecule has 0 saturated heterocycles. The Balaban J connectivity index is 2.02. The van der Waals surface area contributed by atoms with Crippen LogP contribution in [0.4, 0.5) is 0 Å². The quantitative estimate of drug-likeness (QED) is 0.811. The van der Waals surface area contributed by atoms with Gasteiger partial charge in [0.05, 0.1) is 6.20 Å². The second-order valence-corrected chi connectivity index (χ2v) is 4.37. The van der Waals surface area contributed by atoms with Crippen LogP contribution in [0.15, 0.2) is 39.7 Å². The summed E-state index contributed by atoms with van der Waals surface area (Å²) in [6.07, 6.45) is 7.45. The largest absolute Gasteiger partial charge is 0.440 e. The van der Waals surface area contributed by atoms with E-state index in [0.717, 1.165) is 12.0 Å². The van der Waals surface area contributed by atoms with E-state index in [4.69, 9.17) is 10.2 Å². The van der Waals surface area contributed by atoms with Crippen LogP contribution in [0.1, 0.15) is 12.5 Å². The highest BCUT2D eigenvalue weighted by molar-refractivity contribution is 7.98. The summed E-state index contributed by atoms with van der Waals surface area (Å²) in [5, 5.41) is 1.16. The van der Waals surface area contributed by atoms with E-state index in [1.54, 1.807) is 18.6 Å². The summed E-state index contributed by atoms with van der Waals surface area (Å²) in [6.45, 7) is 1.95. The summed E-state index contributed by atoms with van der Waals surface area (Å²) in [5.41, 5.74) is 6.72. The molecule has 84 valence electrons. The van der Waals surface area contributed by atoms with Gasteiger partial charge in [0.2, 0.25) is 0 Å². The minimum Gasteiger partial charge on any atom is -0.440 e. The third-order valence-electron chi connectivity index (χ3n) is 1.83. The van der Waals surface area contributed by atoms with Crippen LogP contribution in [-0.2, 0) is 6.42 Å². The Morgan fingerprint density at radius 2 is 2.12 bits per heavy atom. The topological polar surface area (TPSA) is 77.8 Å². The highest BCUT2D eigenvalue weighted by atomic mass is 32.2. The second-order valence-electron chi connectivity index (χ2n) is 3.46. The lowest BCUT2D eigenvalue weighted by Crippen LogP contribution is -2.17. The summed E-state index contributed by atoms with van der Waals surface area (Å²) in [4.78, 5) is 12.4. The molecule has 0 aliphatic heterocycles. The van der Waals surface area contributed by atoms with Gasteiger partial charge in [0.25, 0.3) is 5.22 Å². The van der Waals surface area contributed by atoms with E-state index in [1.807, 2.05) is 6.92 Å². The van der Waals surface area contributed by atoms with E-state index in [-0.39, 0.29) is 6.04 Å². The molecule has 0 aromatic carbocycles. The van der Waals surface area contributed by atoms with Crippen LogP contribution in [0.25, 0.3) is 0 Å². The SMILES string of the molecule is CC(N)Cc1cnc(Sc2ncco2)nc1. The molecule has 0 fully saturated rings. The zero-order valence-electron chi connectivity index (χ0n) is 8.83. The third kappa shape index (κ3) is 3.04. The maximum atomic E-state index is 5.69. The second kappa shape index (κ2) is 5.09. The number of hydrogen-bond acceptors (Lipinski definition) is 6. The number of rotatable bonds is 4. The average Bonchev–Trinajstić information content (AvgIpc) is 2.73. The lowest BCUT2D eigenvalue weighted by atomic mass is 10.1. The van der Waals surface area contributed by atoms with Crippen molar-refractivity contribution in [2.45, 2.75) is 29.8 Å². The molecule has 6 heteroatoms. The van der Waals surface area contributed by atoms with Crippen LogP contribution >= 0.6 is 11.8 Å². The summed E-state index contributed by atoms with van der Waals surface area (Å²) in [6, 6.07) is 0.119. The normalized spacial score (nSPS) is 12.6. The Bertz CT molecular complexity index is 427. The first kappa shape index (κ1) is 11.1. The molecule has 2 rings (SSSR count). The molecule has 1 unspecified atom stereocenters. The van der Waals surface area contributed by atoms with E-state index < -0.39 is 0 Å². The molecule has 0 bridgehead atoms. The van der Waals surface area contributed by atoms with Crippen LogP contribution in [0, 0.1) is 0 Å². The smallest absolute Gasteiger partial charge is 0.263 e. The number of nitrogens with two attached hydrogens (primary N) is 1. The molecule has 0 amide bonds. The van der Waals surface area contributed by atoms with Gasteiger partial charge >= 0.3 is 0 Å². The Hall–Kier alpha value is -1.40. The zero-order valence-corrected chi connectivity index (χ0v) is 9.65. The Kier molecular flexibility index (Phi) is 3.53. The van der Waals surface area contributed by atoms with Crippen molar-refractivity contribution in [3.63, 3.8) is 0 Å². The standard InChI is InChI=1S/C10H12N4OS/c1-7(11)4-8-5-13-9(14-6-8)16-10-12-2-3-15-10/h2-3,5-7H,4,11H2,1H3. The van der Waals surface area contributed by atoms with E-state index in [2.05, 4.69) is 15.0 Å². The van der Waals surface area contributed by atoms with E-state index >= 15 is 0 Å². The van der Waals surface area contributed by atoms with Crippen molar-refractivity contribution in [1.29, 1.82) is 0 Å². The van der Waals surface area contributed by atoms with Gasteiger partial charge in [-0.2, -0.15) is 0 Å². The fourth-order valence-corrected chi connectivity index (χ4v) is 1.80. The van der Waals surface area contributed by atoms with Crippen LogP contribution in [0.2, 0.25) is 0 Å². The van der Waals surface area contributed by atoms with Crippen LogP contribution in [0.3, 0.4) is 0 Å². The number of hydrogen-bond donors (Lipinski definition) is 1. The van der Waals surface area contributed by atoms with Crippen LogP contribution in [-0.4, -0.2) is 21.0 Å². The number of nitrogens with zero attached hydrogens (tertiary/aromatic N) is 3. The van der Waals surface area contributed by atoms with E-state index in [9.17, 15) is 0 Å². The van der Waals surface area contributed by atoms with Crippen molar-refractivity contribution in [2.75, 3.05) is 0 Å². The Morgan fingerprint density at radius 1 is 1.38 bits per heavy atom. The fourth-order valence-electron chi connectivity index (χ4n) is 1.21. The van der Waals surface area contributed by atoms with Crippen molar-refractivity contribution < 1.29 is 4.42 Å². The van der Waals surface area contributed by atoms with Gasteiger partial charge in [0, 0.05) is 30.2 Å². The molecule has 2 aromatic rings. The lowest BCUT2D eigenvalue weighted by Gasteiger charge is -2.03. The fraction of sp³-hybridized carbons (Fsp3) is 0.300. The maximum absolute atomic E-state index is 5.69. The predicted octanol–water partition coefficient (Wildman–Crippen LogP) is 1.51. The van der Waals surface area contributed by atoms with Gasteiger partial charge in [0.1, 0.15) is 6.26 Å². The lowest BCUT2D eigenvalue weighted by molar-refractivity contribution is 0.453. The maximum Gasteiger partial charge on any atom is 0.263 e. The predicted molar refractivity (Wildman–Crippen MR) is 60.0 cm³/mol. The molecule has 0 radical (unpaired) electrons. The first-order valence-corrected chi connectivity index (χ1v) is 5.69. The molecule has 2 heterocycles. The molecular formula is C10H12N4OS. The van der Waals surface area contributed by atoms with Gasteiger partial charge in [0.15, 0.2) is 5.16 Å². The molecule has 2 N–H and O–H groups in total. The van der Waals surface area contributed by atoms with Gasteiger partial charge in [-0.05, 0) is 18.9 Å². The van der Waals surface area contributed by atoms with Crippen molar-refractivity contribution in [2.24, 2.45) is 5.73 Å². The van der Waals surface area contributed by atoms with Gasteiger partial charge < -0.3 is 10.2 Å². The first-order valence-electron chi connectivity index (χ1n) is 4.88. The van der Waals surface area contributed by atoms with Crippen molar-refractivity contribution >= 4 is 11.8 Å². The van der Waals surface area contributed by atoms with Gasteiger partial charge in [-0.1, -0.05) is 0 Å². The molecule has 2 aromatic heterocycles. The molecule has 0 aliphatic carbocycles. The highest BCUT2D eigenvalue weighted by Crippen LogP contribution is 2.21. The molecular weight excluding hydrogens is 224 g/mol. The molecule has 0 saturated carbocycles. The summed E-state index contributed by atoms with van der Waals surface area (Å²) >= 11 is 1.29. The monoisotopic (exact) mass is 236 g/mol. The first-order chi connectivity index (χ1) is 7.74. The van der Waals surface area contributed by atoms with Gasteiger partial charge in [-0.25, -0.2) is 15.0 Å². The van der Waals surface area contributed by atoms with Gasteiger partial charge in [-0.3, -0.25) is 0 Å². The van der Waals surface area contributed by atoms with Crippen molar-refractivity contribution in [3.8, 4) is 0 Å². The summed E-state index contributed by atoms with van der Waals surface area (Å²) < 4.78 is 5.08. The van der Waals surface area contributed by atoms with E-state index in [1.165, 1.54) is 18.0 Å². The Labute approximate surface area is 97.5 Å². The molecule has 0 spiro atoms. The number of oxazole rings is 1. The molecule has 5 nitrogen and oxygen atoms in total. The van der Waals surface area contributed by atoms with E-state index in [0.29, 0.717) is 10.4 Å². The minimum atomic E-state index is 0.119. The van der Waals surface area contributed by atoms with Crippen molar-refractivity contribution in [3.05, 3.63) is 30.4 Å². The van der Waals surface area contributed by atoms with Crippen LogP contribution in [0.5, 0.6) is 0 Å². The zero-order chi connectivity index (χ0) is 11.4. The van der Waals surface area contributed by atoms with Crippen LogP contribution < -0.4 is 5.73 Å². The Morgan fingerprint density at radius 3 is 2.69 bits per heavy atom. The average molecular weight is 236 g/mol. The minimum absolute atomic E-state index is 0.119. The summed E-state index contributed by atoms with van der Waals surface area (Å²) in [7, 11) is 0. The highest BCUT2D eigenvalue weighted by Gasteiger charge is 2.05. The molecule has 1 atom stereocenters.